The summed E-state index contributed by atoms with van der Waals surface area (Å²) in [5, 5.41) is 0. The van der Waals surface area contributed by atoms with E-state index in [0.717, 1.165) is 51.5 Å². The molecule has 7 nitrogen and oxygen atoms in total. The maximum atomic E-state index is 12.2. The molecule has 0 amide bonds. The number of rotatable bonds is 31. The quantitative estimate of drug-likeness (QED) is 0.0501. The Morgan fingerprint density at radius 3 is 1.44 bits per heavy atom. The van der Waals surface area contributed by atoms with Crippen LogP contribution in [0.4, 0.5) is 0 Å². The molecule has 0 bridgehead atoms. The monoisotopic (exact) mass is 573 g/mol. The van der Waals surface area contributed by atoms with Crippen molar-refractivity contribution < 1.29 is 28.2 Å². The second-order valence-electron chi connectivity index (χ2n) is 10.9. The zero-order valence-corrected chi connectivity index (χ0v) is 26.0. The van der Waals surface area contributed by atoms with Crippen LogP contribution < -0.4 is 5.73 Å². The molecule has 0 aromatic carbocycles. The first kappa shape index (κ1) is 38.0. The lowest BCUT2D eigenvalue weighted by molar-refractivity contribution is -0.160. The number of hydrogen-bond donors (Lipinski definition) is 1. The molecule has 0 aliphatic heterocycles. The third-order valence-electron chi connectivity index (χ3n) is 7.11. The summed E-state index contributed by atoms with van der Waals surface area (Å²) in [5.74, 6) is -0.623. The van der Waals surface area contributed by atoms with Crippen molar-refractivity contribution in [3.05, 3.63) is 0 Å². The molecule has 0 saturated heterocycles. The van der Waals surface area contributed by atoms with Crippen LogP contribution in [0, 0.1) is 0 Å². The van der Waals surface area contributed by atoms with Crippen LogP contribution in [0.5, 0.6) is 0 Å². The van der Waals surface area contributed by atoms with Crippen molar-refractivity contribution in [2.24, 2.45) is 5.73 Å². The van der Waals surface area contributed by atoms with E-state index >= 15 is 0 Å². The lowest BCUT2D eigenvalue weighted by Gasteiger charge is -2.16. The topological polar surface area (TPSA) is 105 Å². The second kappa shape index (κ2) is 31.5. The predicted molar refractivity (Wildman–Crippen MR) is 160 cm³/mol. The summed E-state index contributed by atoms with van der Waals surface area (Å²) in [6.45, 7) is 2.91. The largest absolute Gasteiger partial charge is 0.462 e. The molecule has 0 fully saturated rings. The van der Waals surface area contributed by atoms with E-state index in [1.54, 1.807) is 0 Å². The summed E-state index contributed by atoms with van der Waals surface area (Å²) in [6.07, 6.45) is 26.4. The molecular formula is C31H60NO6P. The highest BCUT2D eigenvalue weighted by Crippen LogP contribution is 2.14. The minimum absolute atomic E-state index is 0.0615. The van der Waals surface area contributed by atoms with Gasteiger partial charge in [-0.3, -0.25) is 14.1 Å². The molecule has 0 unspecified atom stereocenters. The molecule has 0 radical (unpaired) electrons. The van der Waals surface area contributed by atoms with Gasteiger partial charge in [-0.05, 0) is 25.8 Å². The van der Waals surface area contributed by atoms with Gasteiger partial charge >= 0.3 is 20.6 Å². The van der Waals surface area contributed by atoms with E-state index in [1.165, 1.54) is 96.3 Å². The van der Waals surface area contributed by atoms with Gasteiger partial charge in [-0.1, -0.05) is 129 Å². The van der Waals surface area contributed by atoms with Gasteiger partial charge in [0.1, 0.15) is 13.2 Å². The van der Waals surface area contributed by atoms with Crippen molar-refractivity contribution in [3.63, 3.8) is 0 Å². The van der Waals surface area contributed by atoms with Crippen LogP contribution in [0.25, 0.3) is 0 Å². The van der Waals surface area contributed by atoms with Crippen LogP contribution in [-0.4, -0.2) is 37.8 Å². The van der Waals surface area contributed by atoms with Gasteiger partial charge in [0.2, 0.25) is 0 Å². The Kier molecular flexibility index (Phi) is 30.6. The first-order chi connectivity index (χ1) is 19.1. The Morgan fingerprint density at radius 1 is 0.590 bits per heavy atom. The number of carbonyl (C=O) groups excluding carboxylic acids is 2. The fourth-order valence-electron chi connectivity index (χ4n) is 4.67. The van der Waals surface area contributed by atoms with Gasteiger partial charge in [0, 0.05) is 12.8 Å². The van der Waals surface area contributed by atoms with E-state index in [4.69, 9.17) is 19.7 Å². The molecule has 0 aliphatic carbocycles. The number of nitrogens with two attached hydrogens (primary N) is 1. The normalized spacial score (nSPS) is 12.1. The summed E-state index contributed by atoms with van der Waals surface area (Å²) in [6, 6.07) is 0. The van der Waals surface area contributed by atoms with Crippen LogP contribution in [0.15, 0.2) is 0 Å². The maximum absolute atomic E-state index is 12.2. The Morgan fingerprint density at radius 2 is 1.00 bits per heavy atom. The molecule has 0 saturated carbocycles. The number of carbonyl (C=O) groups is 2. The smallest absolute Gasteiger partial charge is 0.327 e. The molecular weight excluding hydrogens is 513 g/mol. The number of esters is 2. The molecule has 39 heavy (non-hydrogen) atoms. The lowest BCUT2D eigenvalue weighted by Crippen LogP contribution is -2.28. The van der Waals surface area contributed by atoms with Crippen molar-refractivity contribution in [2.75, 3.05) is 19.8 Å². The van der Waals surface area contributed by atoms with Gasteiger partial charge in [-0.25, -0.2) is 4.57 Å². The van der Waals surface area contributed by atoms with Crippen molar-refractivity contribution in [1.29, 1.82) is 0 Å². The summed E-state index contributed by atoms with van der Waals surface area (Å²) >= 11 is 0. The molecule has 0 rings (SSSR count). The Balaban J connectivity index is 3.77. The van der Waals surface area contributed by atoms with Gasteiger partial charge in [-0.2, -0.15) is 0 Å². The van der Waals surface area contributed by atoms with Crippen LogP contribution in [0.1, 0.15) is 161 Å². The molecule has 230 valence electrons. The molecule has 0 aliphatic rings. The Hall–Kier alpha value is -1.04. The third-order valence-corrected chi connectivity index (χ3v) is 7.37. The highest BCUT2D eigenvalue weighted by atomic mass is 31.1. The molecule has 0 heterocycles. The summed E-state index contributed by atoms with van der Waals surface area (Å²) in [5.41, 5.74) is 5.50. The van der Waals surface area contributed by atoms with Crippen molar-refractivity contribution >= 4 is 20.6 Å². The van der Waals surface area contributed by atoms with Gasteiger partial charge in [0.15, 0.2) is 6.10 Å². The Bertz CT molecular complexity index is 563. The predicted octanol–water partition coefficient (Wildman–Crippen LogP) is 9.01. The van der Waals surface area contributed by atoms with E-state index in [2.05, 4.69) is 6.92 Å². The highest BCUT2D eigenvalue weighted by molar-refractivity contribution is 7.17. The molecule has 0 aromatic heterocycles. The summed E-state index contributed by atoms with van der Waals surface area (Å²) in [7, 11) is -0.486. The zero-order chi connectivity index (χ0) is 28.7. The third kappa shape index (κ3) is 29.8. The van der Waals surface area contributed by atoms with E-state index in [1.807, 2.05) is 0 Å². The highest BCUT2D eigenvalue weighted by Gasteiger charge is 2.17. The van der Waals surface area contributed by atoms with E-state index in [-0.39, 0.29) is 25.2 Å². The molecule has 8 heteroatoms. The van der Waals surface area contributed by atoms with Crippen LogP contribution in [0.2, 0.25) is 0 Å². The minimum Gasteiger partial charge on any atom is -0.462 e. The van der Waals surface area contributed by atoms with Crippen LogP contribution >= 0.6 is 8.69 Å². The lowest BCUT2D eigenvalue weighted by atomic mass is 10.0. The molecule has 2 N–H and O–H groups in total. The van der Waals surface area contributed by atoms with Crippen LogP contribution in [0.3, 0.4) is 0 Å². The second-order valence-corrected chi connectivity index (χ2v) is 11.3. The van der Waals surface area contributed by atoms with Gasteiger partial charge in [0.05, 0.1) is 0 Å². The number of hydrogen-bond acceptors (Lipinski definition) is 7. The number of unbranched alkanes of at least 4 members (excludes halogenated alkanes) is 20. The minimum atomic E-state index is -0.732. The first-order valence-corrected chi connectivity index (χ1v) is 16.9. The average molecular weight is 574 g/mol. The fourth-order valence-corrected chi connectivity index (χ4v) is 4.90. The number of ether oxygens (including phenoxy) is 2. The van der Waals surface area contributed by atoms with Crippen molar-refractivity contribution in [2.45, 2.75) is 167 Å². The van der Waals surface area contributed by atoms with Gasteiger partial charge in [0.25, 0.3) is 0 Å². The van der Waals surface area contributed by atoms with E-state index in [0.29, 0.717) is 12.8 Å². The fraction of sp³-hybridized carbons (Fsp3) is 0.935. The van der Waals surface area contributed by atoms with Crippen molar-refractivity contribution in [3.8, 4) is 0 Å². The van der Waals surface area contributed by atoms with E-state index in [9.17, 15) is 14.2 Å². The average Bonchev–Trinajstić information content (AvgIpc) is 2.93. The molecule has 0 aromatic rings. The standard InChI is InChI=1S/C31H60NO6P/c1-2-3-4-5-6-7-8-9-10-12-16-19-22-25-31(34)38-29(28-37-39-35)27-36-30(33)24-21-18-15-13-11-14-17-20-23-26-32/h29H,2-28,32H2,1H3/t29-/m0/s1. The molecule has 1 atom stereocenters. The van der Waals surface area contributed by atoms with Crippen molar-refractivity contribution in [1.82, 2.24) is 0 Å². The zero-order valence-electron chi connectivity index (χ0n) is 25.1. The van der Waals surface area contributed by atoms with Crippen LogP contribution in [-0.2, 0) is 28.2 Å². The maximum Gasteiger partial charge on any atom is 0.327 e. The van der Waals surface area contributed by atoms with E-state index < -0.39 is 14.8 Å². The van der Waals surface area contributed by atoms with Gasteiger partial charge in [-0.15, -0.1) is 0 Å². The summed E-state index contributed by atoms with van der Waals surface area (Å²) < 4.78 is 26.3. The first-order valence-electron chi connectivity index (χ1n) is 16.1. The Labute approximate surface area is 241 Å². The SMILES string of the molecule is CCCCCCCCCCCCCCCC(=O)O[C@H](COP=O)COC(=O)CCCCCCCCCCCN. The van der Waals surface area contributed by atoms with Gasteiger partial charge < -0.3 is 15.2 Å². The summed E-state index contributed by atoms with van der Waals surface area (Å²) in [4.78, 5) is 24.3. The molecule has 0 spiro atoms.